The Labute approximate surface area is 191 Å². The van der Waals surface area contributed by atoms with E-state index in [2.05, 4.69) is 10.3 Å². The van der Waals surface area contributed by atoms with Gasteiger partial charge in [-0.2, -0.15) is 0 Å². The number of aryl methyl sites for hydroxylation is 1. The average molecular weight is 444 g/mol. The lowest BCUT2D eigenvalue weighted by Crippen LogP contribution is -2.33. The van der Waals surface area contributed by atoms with Crippen molar-refractivity contribution in [3.05, 3.63) is 100 Å². The predicted octanol–water partition coefficient (Wildman–Crippen LogP) is 3.61. The Morgan fingerprint density at radius 3 is 2.52 bits per heavy atom. The van der Waals surface area contributed by atoms with Crippen LogP contribution in [0.1, 0.15) is 17.0 Å². The monoisotopic (exact) mass is 443 g/mol. The van der Waals surface area contributed by atoms with Crippen LogP contribution in [-0.2, 0) is 24.5 Å². The van der Waals surface area contributed by atoms with E-state index in [0.717, 1.165) is 11.1 Å². The van der Waals surface area contributed by atoms with Gasteiger partial charge in [0.15, 0.2) is 11.5 Å². The summed E-state index contributed by atoms with van der Waals surface area (Å²) in [5.41, 5.74) is 2.31. The number of rotatable bonds is 8. The minimum atomic E-state index is -0.277. The maximum atomic E-state index is 12.8. The molecule has 1 heterocycles. The number of amides is 1. The average Bonchev–Trinajstić information content (AvgIpc) is 2.85. The van der Waals surface area contributed by atoms with Crippen molar-refractivity contribution in [3.8, 4) is 11.5 Å². The molecule has 0 atom stereocenters. The second-order valence-electron chi connectivity index (χ2n) is 7.60. The summed E-state index contributed by atoms with van der Waals surface area (Å²) < 4.78 is 12.7. The molecule has 168 valence electrons. The number of carbonyl (C=O) groups excluding carboxylic acids is 1. The quantitative estimate of drug-likeness (QED) is 0.450. The van der Waals surface area contributed by atoms with Crippen molar-refractivity contribution in [1.29, 1.82) is 0 Å². The summed E-state index contributed by atoms with van der Waals surface area (Å²) >= 11 is 0. The molecule has 7 heteroatoms. The Morgan fingerprint density at radius 2 is 1.73 bits per heavy atom. The Kier molecular flexibility index (Phi) is 6.69. The highest BCUT2D eigenvalue weighted by atomic mass is 16.5. The van der Waals surface area contributed by atoms with Gasteiger partial charge < -0.3 is 14.8 Å². The number of hydrogen-bond acceptors (Lipinski definition) is 5. The van der Waals surface area contributed by atoms with Gasteiger partial charge in [-0.3, -0.25) is 14.2 Å². The number of fused-ring (bicyclic) bond motifs is 1. The van der Waals surface area contributed by atoms with Gasteiger partial charge in [0.1, 0.15) is 19.0 Å². The number of nitrogens with one attached hydrogen (secondary N) is 1. The van der Waals surface area contributed by atoms with Crippen molar-refractivity contribution in [1.82, 2.24) is 14.9 Å². The molecule has 0 saturated heterocycles. The summed E-state index contributed by atoms with van der Waals surface area (Å²) in [4.78, 5) is 29.7. The van der Waals surface area contributed by atoms with Gasteiger partial charge in [-0.25, -0.2) is 4.98 Å². The Balaban J connectivity index is 1.40. The van der Waals surface area contributed by atoms with Crippen molar-refractivity contribution in [3.63, 3.8) is 0 Å². The normalized spacial score (nSPS) is 10.7. The zero-order valence-electron chi connectivity index (χ0n) is 18.6. The van der Waals surface area contributed by atoms with Gasteiger partial charge in [-0.15, -0.1) is 0 Å². The Morgan fingerprint density at radius 1 is 0.970 bits per heavy atom. The van der Waals surface area contributed by atoms with Crippen LogP contribution in [0.5, 0.6) is 11.5 Å². The molecule has 33 heavy (non-hydrogen) atoms. The molecule has 0 unspecified atom stereocenters. The minimum Gasteiger partial charge on any atom is -0.493 e. The van der Waals surface area contributed by atoms with Crippen molar-refractivity contribution in [2.75, 3.05) is 7.11 Å². The van der Waals surface area contributed by atoms with E-state index < -0.39 is 0 Å². The van der Waals surface area contributed by atoms with E-state index in [4.69, 9.17) is 9.47 Å². The summed E-state index contributed by atoms with van der Waals surface area (Å²) in [6.07, 6.45) is 0. The molecule has 0 saturated carbocycles. The fourth-order valence-electron chi connectivity index (χ4n) is 3.54. The molecular formula is C26H25N3O4. The lowest BCUT2D eigenvalue weighted by Gasteiger charge is -2.14. The van der Waals surface area contributed by atoms with Crippen LogP contribution in [0, 0.1) is 6.92 Å². The fourth-order valence-corrected chi connectivity index (χ4v) is 3.54. The first-order valence-electron chi connectivity index (χ1n) is 10.6. The number of ether oxygens (including phenoxy) is 2. The molecule has 7 nitrogen and oxygen atoms in total. The van der Waals surface area contributed by atoms with Crippen LogP contribution < -0.4 is 20.3 Å². The van der Waals surface area contributed by atoms with Crippen molar-refractivity contribution in [2.24, 2.45) is 0 Å². The first kappa shape index (κ1) is 22.1. The SMILES string of the molecule is COc1cc(CNC(=O)Cn2c(C)nc3ccccc3c2=O)ccc1OCc1ccccc1. The van der Waals surface area contributed by atoms with Crippen molar-refractivity contribution >= 4 is 16.8 Å². The molecule has 0 bridgehead atoms. The van der Waals surface area contributed by atoms with Crippen LogP contribution in [0.2, 0.25) is 0 Å². The third-order valence-corrected chi connectivity index (χ3v) is 5.31. The minimum absolute atomic E-state index is 0.0993. The molecule has 1 N–H and O–H groups in total. The molecular weight excluding hydrogens is 418 g/mol. The number of para-hydroxylation sites is 1. The predicted molar refractivity (Wildman–Crippen MR) is 126 cm³/mol. The zero-order valence-corrected chi connectivity index (χ0v) is 18.6. The largest absolute Gasteiger partial charge is 0.493 e. The smallest absolute Gasteiger partial charge is 0.261 e. The van der Waals surface area contributed by atoms with Gasteiger partial charge in [-0.1, -0.05) is 48.5 Å². The Hall–Kier alpha value is -4.13. The van der Waals surface area contributed by atoms with Gasteiger partial charge >= 0.3 is 0 Å². The van der Waals surface area contributed by atoms with E-state index >= 15 is 0 Å². The van der Waals surface area contributed by atoms with Crippen LogP contribution in [0.4, 0.5) is 0 Å². The lowest BCUT2D eigenvalue weighted by molar-refractivity contribution is -0.121. The van der Waals surface area contributed by atoms with E-state index in [1.54, 1.807) is 32.2 Å². The van der Waals surface area contributed by atoms with Crippen LogP contribution >= 0.6 is 0 Å². The van der Waals surface area contributed by atoms with Gasteiger partial charge in [-0.05, 0) is 42.3 Å². The van der Waals surface area contributed by atoms with Crippen molar-refractivity contribution < 1.29 is 14.3 Å². The maximum Gasteiger partial charge on any atom is 0.261 e. The first-order valence-corrected chi connectivity index (χ1v) is 10.6. The molecule has 4 aromatic rings. The number of methoxy groups -OCH3 is 1. The summed E-state index contributed by atoms with van der Waals surface area (Å²) in [6.45, 7) is 2.35. The van der Waals surface area contributed by atoms with Crippen LogP contribution in [-0.4, -0.2) is 22.6 Å². The summed E-state index contributed by atoms with van der Waals surface area (Å²) in [6, 6.07) is 22.5. The number of carbonyl (C=O) groups is 1. The van der Waals surface area contributed by atoms with Crippen LogP contribution in [0.15, 0.2) is 77.6 Å². The van der Waals surface area contributed by atoms with E-state index in [9.17, 15) is 9.59 Å². The summed E-state index contributed by atoms with van der Waals surface area (Å²) in [5.74, 6) is 1.43. The standard InChI is InChI=1S/C26H25N3O4/c1-18-28-22-11-7-6-10-21(22)26(31)29(18)16-25(30)27-15-20-12-13-23(24(14-20)32-2)33-17-19-8-4-3-5-9-19/h3-14H,15-17H2,1-2H3,(H,27,30). The molecule has 0 radical (unpaired) electrons. The molecule has 4 rings (SSSR count). The molecule has 0 fully saturated rings. The van der Waals surface area contributed by atoms with E-state index in [1.165, 1.54) is 4.57 Å². The van der Waals surface area contributed by atoms with Gasteiger partial charge in [0, 0.05) is 6.54 Å². The van der Waals surface area contributed by atoms with Gasteiger partial charge in [0.2, 0.25) is 5.91 Å². The second-order valence-corrected chi connectivity index (χ2v) is 7.60. The molecule has 0 aliphatic carbocycles. The van der Waals surface area contributed by atoms with E-state index in [0.29, 0.717) is 41.4 Å². The molecule has 1 aromatic heterocycles. The van der Waals surface area contributed by atoms with Crippen molar-refractivity contribution in [2.45, 2.75) is 26.6 Å². The second kappa shape index (κ2) is 9.99. The number of hydrogen-bond donors (Lipinski definition) is 1. The highest BCUT2D eigenvalue weighted by molar-refractivity contribution is 5.79. The number of aromatic nitrogens is 2. The fraction of sp³-hybridized carbons (Fsp3) is 0.192. The van der Waals surface area contributed by atoms with E-state index in [-0.39, 0.29) is 18.0 Å². The highest BCUT2D eigenvalue weighted by Crippen LogP contribution is 2.28. The first-order chi connectivity index (χ1) is 16.0. The van der Waals surface area contributed by atoms with Gasteiger partial charge in [0.25, 0.3) is 5.56 Å². The lowest BCUT2D eigenvalue weighted by atomic mass is 10.2. The zero-order chi connectivity index (χ0) is 23.2. The molecule has 1 amide bonds. The van der Waals surface area contributed by atoms with Crippen LogP contribution in [0.25, 0.3) is 10.9 Å². The van der Waals surface area contributed by atoms with Gasteiger partial charge in [0.05, 0.1) is 18.0 Å². The number of nitrogens with zero attached hydrogens (tertiary/aromatic N) is 2. The molecule has 0 spiro atoms. The summed E-state index contributed by atoms with van der Waals surface area (Å²) in [5, 5.41) is 3.35. The van der Waals surface area contributed by atoms with Crippen LogP contribution in [0.3, 0.4) is 0 Å². The van der Waals surface area contributed by atoms with E-state index in [1.807, 2.05) is 54.6 Å². The maximum absolute atomic E-state index is 12.8. The highest BCUT2D eigenvalue weighted by Gasteiger charge is 2.12. The number of benzene rings is 3. The molecule has 0 aliphatic rings. The molecule has 0 aliphatic heterocycles. The summed E-state index contributed by atoms with van der Waals surface area (Å²) in [7, 11) is 1.58. The topological polar surface area (TPSA) is 82.5 Å². The third-order valence-electron chi connectivity index (χ3n) is 5.31. The Bertz CT molecular complexity index is 1330. The third kappa shape index (κ3) is 5.20. The molecule has 3 aromatic carbocycles.